The van der Waals surface area contributed by atoms with Crippen molar-refractivity contribution in [3.63, 3.8) is 0 Å². The second-order valence-electron chi connectivity index (χ2n) is 5.59. The lowest BCUT2D eigenvalue weighted by atomic mass is 10.0. The molecule has 102 valence electrons. The standard InChI is InChI=1S/C16H22N2O/c1-10(2)17-8-15(19)13-9-18(5)14-7-11(3)6-12(4)16(13)14/h6-7,9-10,17H,8H2,1-5H3. The van der Waals surface area contributed by atoms with Gasteiger partial charge < -0.3 is 9.88 Å². The molecule has 0 aliphatic rings. The number of carbonyl (C=O) groups excluding carboxylic acids is 1. The molecule has 0 saturated heterocycles. The first-order valence-electron chi connectivity index (χ1n) is 6.73. The van der Waals surface area contributed by atoms with Crippen LogP contribution in [0.25, 0.3) is 10.9 Å². The largest absolute Gasteiger partial charge is 0.350 e. The van der Waals surface area contributed by atoms with E-state index in [1.165, 1.54) is 11.1 Å². The summed E-state index contributed by atoms with van der Waals surface area (Å²) in [7, 11) is 1.99. The van der Waals surface area contributed by atoms with Gasteiger partial charge in [-0.15, -0.1) is 0 Å². The number of rotatable bonds is 4. The molecule has 1 aromatic carbocycles. The number of benzene rings is 1. The van der Waals surface area contributed by atoms with Crippen molar-refractivity contribution in [3.05, 3.63) is 35.0 Å². The maximum Gasteiger partial charge on any atom is 0.178 e. The van der Waals surface area contributed by atoms with Gasteiger partial charge >= 0.3 is 0 Å². The van der Waals surface area contributed by atoms with E-state index >= 15 is 0 Å². The first-order valence-corrected chi connectivity index (χ1v) is 6.73. The Morgan fingerprint density at radius 2 is 2.00 bits per heavy atom. The highest BCUT2D eigenvalue weighted by Gasteiger charge is 2.16. The highest BCUT2D eigenvalue weighted by molar-refractivity contribution is 6.10. The molecule has 3 nitrogen and oxygen atoms in total. The third kappa shape index (κ3) is 2.71. The third-order valence-corrected chi connectivity index (χ3v) is 3.40. The Bertz CT molecular complexity index is 623. The van der Waals surface area contributed by atoms with E-state index in [2.05, 4.69) is 31.3 Å². The Hall–Kier alpha value is -1.61. The molecule has 0 atom stereocenters. The highest BCUT2D eigenvalue weighted by Crippen LogP contribution is 2.26. The topological polar surface area (TPSA) is 34.0 Å². The predicted molar refractivity (Wildman–Crippen MR) is 79.9 cm³/mol. The SMILES string of the molecule is Cc1cc(C)c2c(C(=O)CNC(C)C)cn(C)c2c1. The van der Waals surface area contributed by atoms with Crippen molar-refractivity contribution in [1.82, 2.24) is 9.88 Å². The van der Waals surface area contributed by atoms with Crippen molar-refractivity contribution < 1.29 is 4.79 Å². The Labute approximate surface area is 114 Å². The van der Waals surface area contributed by atoms with Crippen LogP contribution in [0.5, 0.6) is 0 Å². The van der Waals surface area contributed by atoms with Gasteiger partial charge in [0, 0.05) is 35.8 Å². The molecule has 1 heterocycles. The van der Waals surface area contributed by atoms with Crippen molar-refractivity contribution in [3.8, 4) is 0 Å². The zero-order valence-electron chi connectivity index (χ0n) is 12.4. The van der Waals surface area contributed by atoms with Crippen molar-refractivity contribution >= 4 is 16.7 Å². The molecular formula is C16H22N2O. The zero-order chi connectivity index (χ0) is 14.2. The van der Waals surface area contributed by atoms with E-state index in [4.69, 9.17) is 0 Å². The summed E-state index contributed by atoms with van der Waals surface area (Å²) in [6.45, 7) is 8.64. The molecule has 2 aromatic rings. The van der Waals surface area contributed by atoms with Gasteiger partial charge in [-0.05, 0) is 31.0 Å². The predicted octanol–water partition coefficient (Wildman–Crippen LogP) is 2.98. The van der Waals surface area contributed by atoms with Gasteiger partial charge in [0.05, 0.1) is 6.54 Å². The summed E-state index contributed by atoms with van der Waals surface area (Å²) in [6.07, 6.45) is 1.95. The van der Waals surface area contributed by atoms with Gasteiger partial charge in [-0.3, -0.25) is 4.79 Å². The van der Waals surface area contributed by atoms with Crippen LogP contribution < -0.4 is 5.32 Å². The van der Waals surface area contributed by atoms with E-state index < -0.39 is 0 Å². The van der Waals surface area contributed by atoms with Gasteiger partial charge in [0.2, 0.25) is 0 Å². The fourth-order valence-corrected chi connectivity index (χ4v) is 2.50. The molecule has 0 unspecified atom stereocenters. The molecule has 0 aliphatic carbocycles. The van der Waals surface area contributed by atoms with Gasteiger partial charge in [0.15, 0.2) is 5.78 Å². The van der Waals surface area contributed by atoms with E-state index in [1.807, 2.05) is 31.7 Å². The molecule has 0 fully saturated rings. The lowest BCUT2D eigenvalue weighted by Crippen LogP contribution is -2.29. The lowest BCUT2D eigenvalue weighted by molar-refractivity contribution is 0.0990. The minimum absolute atomic E-state index is 0.159. The van der Waals surface area contributed by atoms with Crippen LogP contribution in [-0.2, 0) is 7.05 Å². The van der Waals surface area contributed by atoms with Gasteiger partial charge in [-0.25, -0.2) is 0 Å². The van der Waals surface area contributed by atoms with Crippen molar-refractivity contribution in [2.45, 2.75) is 33.7 Å². The number of ketones is 1. The number of Topliss-reactive ketones (excluding diaryl/α,β-unsaturated/α-hetero) is 1. The van der Waals surface area contributed by atoms with Crippen LogP contribution in [0.1, 0.15) is 35.3 Å². The quantitative estimate of drug-likeness (QED) is 0.855. The summed E-state index contributed by atoms with van der Waals surface area (Å²) in [5.41, 5.74) is 4.35. The second-order valence-corrected chi connectivity index (χ2v) is 5.59. The van der Waals surface area contributed by atoms with Gasteiger partial charge in [0.1, 0.15) is 0 Å². The summed E-state index contributed by atoms with van der Waals surface area (Å²) < 4.78 is 2.04. The number of hydrogen-bond acceptors (Lipinski definition) is 2. The van der Waals surface area contributed by atoms with Crippen LogP contribution >= 0.6 is 0 Å². The molecule has 0 saturated carbocycles. The summed E-state index contributed by atoms with van der Waals surface area (Å²) in [4.78, 5) is 12.3. The fourth-order valence-electron chi connectivity index (χ4n) is 2.50. The fraction of sp³-hybridized carbons (Fsp3) is 0.438. The van der Waals surface area contributed by atoms with E-state index in [0.717, 1.165) is 16.5 Å². The zero-order valence-corrected chi connectivity index (χ0v) is 12.4. The van der Waals surface area contributed by atoms with E-state index in [1.54, 1.807) is 0 Å². The molecule has 1 N–H and O–H groups in total. The molecule has 3 heteroatoms. The van der Waals surface area contributed by atoms with Crippen molar-refractivity contribution in [2.24, 2.45) is 7.05 Å². The van der Waals surface area contributed by atoms with Crippen LogP contribution in [0.15, 0.2) is 18.3 Å². The molecule has 0 aliphatic heterocycles. The van der Waals surface area contributed by atoms with E-state index in [-0.39, 0.29) is 5.78 Å². The molecule has 2 rings (SSSR count). The Balaban J connectivity index is 2.47. The van der Waals surface area contributed by atoms with Crippen LogP contribution in [0.2, 0.25) is 0 Å². The summed E-state index contributed by atoms with van der Waals surface area (Å²) in [5.74, 6) is 0.159. The number of nitrogens with zero attached hydrogens (tertiary/aromatic N) is 1. The number of aromatic nitrogens is 1. The molecule has 0 spiro atoms. The van der Waals surface area contributed by atoms with Gasteiger partial charge in [0.25, 0.3) is 0 Å². The van der Waals surface area contributed by atoms with Crippen molar-refractivity contribution in [2.75, 3.05) is 6.54 Å². The molecule has 0 bridgehead atoms. The summed E-state index contributed by atoms with van der Waals surface area (Å²) >= 11 is 0. The highest BCUT2D eigenvalue weighted by atomic mass is 16.1. The number of hydrogen-bond donors (Lipinski definition) is 1. The van der Waals surface area contributed by atoms with Crippen LogP contribution in [0.4, 0.5) is 0 Å². The number of fused-ring (bicyclic) bond motifs is 1. The normalized spacial score (nSPS) is 11.5. The first kappa shape index (κ1) is 13.8. The second kappa shape index (κ2) is 5.17. The average Bonchev–Trinajstić information content (AvgIpc) is 2.64. The Kier molecular flexibility index (Phi) is 3.76. The molecule has 0 radical (unpaired) electrons. The molecule has 0 amide bonds. The van der Waals surface area contributed by atoms with Gasteiger partial charge in [-0.2, -0.15) is 0 Å². The maximum atomic E-state index is 12.3. The number of carbonyl (C=O) groups is 1. The minimum Gasteiger partial charge on any atom is -0.350 e. The summed E-state index contributed by atoms with van der Waals surface area (Å²) in [6, 6.07) is 4.59. The molecular weight excluding hydrogens is 236 g/mol. The van der Waals surface area contributed by atoms with Gasteiger partial charge in [-0.1, -0.05) is 19.9 Å². The summed E-state index contributed by atoms with van der Waals surface area (Å²) in [5, 5.41) is 4.28. The lowest BCUT2D eigenvalue weighted by Gasteiger charge is -2.07. The average molecular weight is 258 g/mol. The van der Waals surface area contributed by atoms with E-state index in [9.17, 15) is 4.79 Å². The Morgan fingerprint density at radius 1 is 1.32 bits per heavy atom. The third-order valence-electron chi connectivity index (χ3n) is 3.40. The number of nitrogens with one attached hydrogen (secondary N) is 1. The smallest absolute Gasteiger partial charge is 0.178 e. The maximum absolute atomic E-state index is 12.3. The molecule has 1 aromatic heterocycles. The van der Waals surface area contributed by atoms with Crippen LogP contribution in [0.3, 0.4) is 0 Å². The van der Waals surface area contributed by atoms with Crippen molar-refractivity contribution in [1.29, 1.82) is 0 Å². The minimum atomic E-state index is 0.159. The van der Waals surface area contributed by atoms with E-state index in [0.29, 0.717) is 12.6 Å². The monoisotopic (exact) mass is 258 g/mol. The molecule has 19 heavy (non-hydrogen) atoms. The Morgan fingerprint density at radius 3 is 2.63 bits per heavy atom. The van der Waals surface area contributed by atoms with Crippen LogP contribution in [0, 0.1) is 13.8 Å². The van der Waals surface area contributed by atoms with Crippen LogP contribution in [-0.4, -0.2) is 22.9 Å². The first-order chi connectivity index (χ1) is 8.90. The number of aryl methyl sites for hydroxylation is 3.